The molecule has 0 spiro atoms. The van der Waals surface area contributed by atoms with Gasteiger partial charge in [-0.3, -0.25) is 9.59 Å². The van der Waals surface area contributed by atoms with Crippen LogP contribution >= 0.6 is 11.6 Å². The van der Waals surface area contributed by atoms with E-state index in [2.05, 4.69) is 20.8 Å². The first-order valence-electron chi connectivity index (χ1n) is 13.2. The lowest BCUT2D eigenvalue weighted by Gasteiger charge is -2.30. The number of fused-ring (bicyclic) bond motifs is 1. The summed E-state index contributed by atoms with van der Waals surface area (Å²) >= 11 is 6.21. The molecule has 0 fully saturated rings. The van der Waals surface area contributed by atoms with Crippen LogP contribution in [0.15, 0.2) is 67.0 Å². The van der Waals surface area contributed by atoms with Crippen molar-refractivity contribution < 1.29 is 29.0 Å². The molecular formula is C30H27ClN6O6. The van der Waals surface area contributed by atoms with Crippen LogP contribution in [0.3, 0.4) is 0 Å². The van der Waals surface area contributed by atoms with Crippen LogP contribution in [0.1, 0.15) is 37.4 Å². The van der Waals surface area contributed by atoms with Crippen molar-refractivity contribution in [2.24, 2.45) is 0 Å². The normalized spacial score (nSPS) is 12.7. The number of nitrogens with one attached hydrogen (secondary N) is 1. The maximum Gasteiger partial charge on any atom is 0.335 e. The van der Waals surface area contributed by atoms with Gasteiger partial charge in [-0.1, -0.05) is 11.6 Å². The van der Waals surface area contributed by atoms with E-state index >= 15 is 0 Å². The highest BCUT2D eigenvalue weighted by atomic mass is 35.5. The molecule has 1 aliphatic rings. The monoisotopic (exact) mass is 602 g/mol. The number of hydrogen-bond acceptors (Lipinski definition) is 8. The molecule has 2 heterocycles. The smallest absolute Gasteiger partial charge is 0.335 e. The summed E-state index contributed by atoms with van der Waals surface area (Å²) in [7, 11) is 1.57. The van der Waals surface area contributed by atoms with Crippen molar-refractivity contribution in [1.82, 2.24) is 25.1 Å². The zero-order valence-electron chi connectivity index (χ0n) is 23.1. The van der Waals surface area contributed by atoms with Gasteiger partial charge in [-0.15, -0.1) is 5.10 Å². The molecule has 13 heteroatoms. The zero-order valence-corrected chi connectivity index (χ0v) is 23.8. The van der Waals surface area contributed by atoms with Crippen molar-refractivity contribution in [1.29, 1.82) is 0 Å². The predicted octanol–water partition coefficient (Wildman–Crippen LogP) is 3.89. The number of rotatable bonds is 10. The Bertz CT molecular complexity index is 1670. The minimum Gasteiger partial charge on any atom is -0.491 e. The Morgan fingerprint density at radius 1 is 1.09 bits per heavy atom. The lowest BCUT2D eigenvalue weighted by Crippen LogP contribution is -2.36. The molecule has 0 atom stereocenters. The Labute approximate surface area is 251 Å². The van der Waals surface area contributed by atoms with E-state index in [9.17, 15) is 14.4 Å². The van der Waals surface area contributed by atoms with Gasteiger partial charge in [0.05, 0.1) is 17.9 Å². The van der Waals surface area contributed by atoms with Crippen LogP contribution in [0.2, 0.25) is 5.02 Å². The third-order valence-electron chi connectivity index (χ3n) is 6.81. The van der Waals surface area contributed by atoms with Gasteiger partial charge in [0.2, 0.25) is 5.91 Å². The first-order valence-corrected chi connectivity index (χ1v) is 13.6. The van der Waals surface area contributed by atoms with Gasteiger partial charge in [-0.25, -0.2) is 4.79 Å². The van der Waals surface area contributed by atoms with Gasteiger partial charge in [-0.05, 0) is 88.6 Å². The molecule has 220 valence electrons. The van der Waals surface area contributed by atoms with Crippen LogP contribution in [0.5, 0.6) is 5.75 Å². The van der Waals surface area contributed by atoms with Crippen molar-refractivity contribution >= 4 is 41.1 Å². The molecule has 5 rings (SSSR count). The predicted molar refractivity (Wildman–Crippen MR) is 157 cm³/mol. The third-order valence-corrected chi connectivity index (χ3v) is 7.04. The molecule has 43 heavy (non-hydrogen) atoms. The highest BCUT2D eigenvalue weighted by Crippen LogP contribution is 2.29. The summed E-state index contributed by atoms with van der Waals surface area (Å²) in [6, 6.07) is 14.6. The number of carbonyl (C=O) groups excluding carboxylic acids is 2. The summed E-state index contributed by atoms with van der Waals surface area (Å²) in [5.74, 6) is -1.21. The summed E-state index contributed by atoms with van der Waals surface area (Å²) in [5, 5.41) is 23.7. The number of halogens is 1. The molecule has 0 unspecified atom stereocenters. The Balaban J connectivity index is 1.39. The third kappa shape index (κ3) is 7.05. The minimum atomic E-state index is -1.06. The van der Waals surface area contributed by atoms with Gasteiger partial charge in [0.15, 0.2) is 0 Å². The van der Waals surface area contributed by atoms with Crippen LogP contribution in [0, 0.1) is 0 Å². The summed E-state index contributed by atoms with van der Waals surface area (Å²) in [6.07, 6.45) is 5.07. The number of benzene rings is 3. The molecule has 0 saturated carbocycles. The average molecular weight is 603 g/mol. The fourth-order valence-corrected chi connectivity index (χ4v) is 4.84. The molecule has 0 bridgehead atoms. The van der Waals surface area contributed by atoms with Gasteiger partial charge < -0.3 is 24.8 Å². The van der Waals surface area contributed by atoms with Gasteiger partial charge in [0.1, 0.15) is 18.7 Å². The van der Waals surface area contributed by atoms with E-state index in [1.807, 2.05) is 6.07 Å². The summed E-state index contributed by atoms with van der Waals surface area (Å²) in [6.45, 7) is 1.32. The second-order valence-corrected chi connectivity index (χ2v) is 10.0. The molecule has 2 amide bonds. The fraction of sp³-hybridized carbons (Fsp3) is 0.200. The topological polar surface area (TPSA) is 149 Å². The van der Waals surface area contributed by atoms with E-state index in [1.54, 1.807) is 42.4 Å². The van der Waals surface area contributed by atoms with Crippen molar-refractivity contribution in [2.75, 3.05) is 32.2 Å². The molecule has 0 radical (unpaired) electrons. The van der Waals surface area contributed by atoms with Gasteiger partial charge in [-0.2, -0.15) is 4.68 Å². The molecule has 1 aliphatic heterocycles. The molecule has 0 aliphatic carbocycles. The van der Waals surface area contributed by atoms with Gasteiger partial charge in [0, 0.05) is 48.1 Å². The van der Waals surface area contributed by atoms with Gasteiger partial charge in [0.25, 0.3) is 5.91 Å². The number of methoxy groups -OCH3 is 1. The SMILES string of the molecule is COCCOc1cc2c(c(C(=O)Nc3ccc(C(=O)O)cc3)c1)CN(C(=O)/C=C/c1cc(Cl)ccc1-n1cnnn1)CC2. The number of nitrogens with zero attached hydrogens (tertiary/aromatic N) is 5. The molecule has 3 aromatic carbocycles. The Hall–Kier alpha value is -5.07. The number of ether oxygens (including phenoxy) is 2. The Morgan fingerprint density at radius 3 is 2.63 bits per heavy atom. The van der Waals surface area contributed by atoms with Crippen LogP contribution in [-0.4, -0.2) is 74.9 Å². The minimum absolute atomic E-state index is 0.106. The summed E-state index contributed by atoms with van der Waals surface area (Å²) in [4.78, 5) is 39.7. The van der Waals surface area contributed by atoms with Crippen LogP contribution in [-0.2, 0) is 22.5 Å². The van der Waals surface area contributed by atoms with E-state index < -0.39 is 11.9 Å². The second-order valence-electron chi connectivity index (χ2n) is 9.59. The fourth-order valence-electron chi connectivity index (χ4n) is 4.66. The zero-order chi connectivity index (χ0) is 30.3. The van der Waals surface area contributed by atoms with Crippen LogP contribution < -0.4 is 10.1 Å². The van der Waals surface area contributed by atoms with Crippen LogP contribution in [0.4, 0.5) is 5.69 Å². The number of anilines is 1. The number of hydrogen-bond donors (Lipinski definition) is 2. The number of carbonyl (C=O) groups is 3. The molecule has 0 saturated heterocycles. The van der Waals surface area contributed by atoms with E-state index in [4.69, 9.17) is 26.2 Å². The summed E-state index contributed by atoms with van der Waals surface area (Å²) < 4.78 is 12.4. The maximum absolute atomic E-state index is 13.5. The maximum atomic E-state index is 13.5. The average Bonchev–Trinajstić information content (AvgIpc) is 3.54. The second kappa shape index (κ2) is 13.3. The van der Waals surface area contributed by atoms with Crippen molar-refractivity contribution in [3.63, 3.8) is 0 Å². The molecule has 1 aromatic heterocycles. The van der Waals surface area contributed by atoms with E-state index in [1.165, 1.54) is 41.4 Å². The number of aromatic nitrogens is 4. The first-order chi connectivity index (χ1) is 20.8. The highest BCUT2D eigenvalue weighted by molar-refractivity contribution is 6.30. The number of tetrazole rings is 1. The van der Waals surface area contributed by atoms with Gasteiger partial charge >= 0.3 is 5.97 Å². The van der Waals surface area contributed by atoms with Crippen molar-refractivity contribution in [2.45, 2.75) is 13.0 Å². The number of amides is 2. The highest BCUT2D eigenvalue weighted by Gasteiger charge is 2.26. The Morgan fingerprint density at radius 2 is 1.91 bits per heavy atom. The molecule has 12 nitrogen and oxygen atoms in total. The number of carboxylic acid groups (broad SMARTS) is 1. The first kappa shape index (κ1) is 29.4. The Kier molecular flexibility index (Phi) is 9.08. The van der Waals surface area contributed by atoms with Crippen molar-refractivity contribution in [3.8, 4) is 11.4 Å². The van der Waals surface area contributed by atoms with Crippen molar-refractivity contribution in [3.05, 3.63) is 99.8 Å². The largest absolute Gasteiger partial charge is 0.491 e. The van der Waals surface area contributed by atoms with E-state index in [0.29, 0.717) is 65.0 Å². The number of carboxylic acids is 1. The molecule has 4 aromatic rings. The van der Waals surface area contributed by atoms with E-state index in [-0.39, 0.29) is 18.0 Å². The molecular weight excluding hydrogens is 576 g/mol. The van der Waals surface area contributed by atoms with Crippen LogP contribution in [0.25, 0.3) is 11.8 Å². The number of aromatic carboxylic acids is 1. The molecule has 2 N–H and O–H groups in total. The van der Waals surface area contributed by atoms with E-state index in [0.717, 1.165) is 5.56 Å². The standard InChI is InChI=1S/C30H27ClN6O6/c1-42-12-13-43-24-15-20-10-11-36(28(38)9-4-21-14-22(31)5-8-27(21)37-18-32-34-35-37)17-26(20)25(16-24)29(39)33-23-6-2-19(3-7-23)30(40)41/h2-9,14-16,18H,10-13,17H2,1H3,(H,33,39)(H,40,41)/b9-4+. The lowest BCUT2D eigenvalue weighted by atomic mass is 9.93. The lowest BCUT2D eigenvalue weighted by molar-refractivity contribution is -0.126. The quantitative estimate of drug-likeness (QED) is 0.204. The summed E-state index contributed by atoms with van der Waals surface area (Å²) in [5.41, 5.74) is 3.78.